The first kappa shape index (κ1) is 21.7. The van der Waals surface area contributed by atoms with Gasteiger partial charge >= 0.3 is 17.9 Å². The number of aliphatic carboxylic acids is 1. The Kier molecular flexibility index (Phi) is 7.36. The van der Waals surface area contributed by atoms with Crippen LogP contribution in [0.3, 0.4) is 0 Å². The lowest BCUT2D eigenvalue weighted by Crippen LogP contribution is -2.51. The van der Waals surface area contributed by atoms with Crippen molar-refractivity contribution in [2.75, 3.05) is 13.2 Å². The lowest BCUT2D eigenvalue weighted by atomic mass is 9.59. The highest BCUT2D eigenvalue weighted by atomic mass is 16.6. The minimum absolute atomic E-state index is 0.0330. The Morgan fingerprint density at radius 1 is 0.962 bits per heavy atom. The molecule has 0 heterocycles. The summed E-state index contributed by atoms with van der Waals surface area (Å²) in [7, 11) is 0. The molecule has 0 saturated heterocycles. The summed E-state index contributed by atoms with van der Waals surface area (Å²) in [6, 6.07) is 8.96. The Labute approximate surface area is 154 Å². The van der Waals surface area contributed by atoms with E-state index in [2.05, 4.69) is 0 Å². The highest BCUT2D eigenvalue weighted by molar-refractivity contribution is 6.04. The molecule has 1 unspecified atom stereocenters. The number of hydrogen-bond acceptors (Lipinski definition) is 5. The van der Waals surface area contributed by atoms with Gasteiger partial charge in [-0.3, -0.25) is 14.4 Å². The van der Waals surface area contributed by atoms with E-state index in [1.165, 1.54) is 0 Å². The van der Waals surface area contributed by atoms with Crippen molar-refractivity contribution in [3.05, 3.63) is 35.9 Å². The van der Waals surface area contributed by atoms with Crippen molar-refractivity contribution in [3.63, 3.8) is 0 Å². The Bertz CT molecular complexity index is 611. The van der Waals surface area contributed by atoms with Gasteiger partial charge in [0.1, 0.15) is 0 Å². The van der Waals surface area contributed by atoms with Crippen LogP contribution in [0, 0.1) is 10.8 Å². The van der Waals surface area contributed by atoms with Gasteiger partial charge in [-0.1, -0.05) is 51.1 Å². The third-order valence-electron chi connectivity index (χ3n) is 4.20. The van der Waals surface area contributed by atoms with Gasteiger partial charge in [0.25, 0.3) is 0 Å². The van der Waals surface area contributed by atoms with Crippen LogP contribution in [0.15, 0.2) is 30.3 Å². The Morgan fingerprint density at radius 2 is 1.42 bits per heavy atom. The molecule has 0 aliphatic heterocycles. The lowest BCUT2D eigenvalue weighted by molar-refractivity contribution is -0.181. The Morgan fingerprint density at radius 3 is 1.77 bits per heavy atom. The summed E-state index contributed by atoms with van der Waals surface area (Å²) in [4.78, 5) is 37.7. The number of esters is 2. The summed E-state index contributed by atoms with van der Waals surface area (Å²) in [6.45, 7) is 8.88. The largest absolute Gasteiger partial charge is 0.481 e. The number of rotatable bonds is 8. The molecule has 0 saturated carbocycles. The van der Waals surface area contributed by atoms with Gasteiger partial charge in [-0.2, -0.15) is 0 Å². The van der Waals surface area contributed by atoms with Crippen molar-refractivity contribution in [1.82, 2.24) is 0 Å². The Hall–Kier alpha value is -2.37. The third kappa shape index (κ3) is 4.62. The van der Waals surface area contributed by atoms with Crippen molar-refractivity contribution in [3.8, 4) is 0 Å². The molecule has 6 heteroatoms. The van der Waals surface area contributed by atoms with Crippen molar-refractivity contribution in [1.29, 1.82) is 0 Å². The predicted molar refractivity (Wildman–Crippen MR) is 96.6 cm³/mol. The minimum Gasteiger partial charge on any atom is -0.481 e. The molecule has 0 spiro atoms. The molecule has 1 aromatic rings. The molecule has 1 rings (SSSR count). The van der Waals surface area contributed by atoms with Crippen LogP contribution in [-0.2, 0) is 23.9 Å². The molecule has 0 fully saturated rings. The van der Waals surface area contributed by atoms with Gasteiger partial charge in [0.05, 0.1) is 19.6 Å². The molecule has 144 valence electrons. The maximum Gasteiger partial charge on any atom is 0.324 e. The van der Waals surface area contributed by atoms with Gasteiger partial charge in [0, 0.05) is 5.92 Å². The third-order valence-corrected chi connectivity index (χ3v) is 4.20. The summed E-state index contributed by atoms with van der Waals surface area (Å²) in [5.41, 5.74) is -1.91. The molecular weight excluding hydrogens is 336 g/mol. The highest BCUT2D eigenvalue weighted by Crippen LogP contribution is 2.51. The summed E-state index contributed by atoms with van der Waals surface area (Å²) < 4.78 is 10.3. The summed E-state index contributed by atoms with van der Waals surface area (Å²) >= 11 is 0. The second-order valence-corrected chi connectivity index (χ2v) is 7.19. The fourth-order valence-electron chi connectivity index (χ4n) is 3.49. The van der Waals surface area contributed by atoms with Gasteiger partial charge in [-0.25, -0.2) is 0 Å². The van der Waals surface area contributed by atoms with Gasteiger partial charge < -0.3 is 14.6 Å². The SMILES string of the molecule is CCOC(=O)C(CC(=O)O)(C(=O)OCC)C(c1ccccc1)C(C)(C)C. The first-order valence-electron chi connectivity index (χ1n) is 8.72. The van der Waals surface area contributed by atoms with Gasteiger partial charge in [0.2, 0.25) is 0 Å². The second kappa shape index (κ2) is 8.83. The van der Waals surface area contributed by atoms with Crippen LogP contribution >= 0.6 is 0 Å². The fraction of sp³-hybridized carbons (Fsp3) is 0.550. The van der Waals surface area contributed by atoms with E-state index in [1.807, 2.05) is 26.8 Å². The Balaban J connectivity index is 3.77. The first-order valence-corrected chi connectivity index (χ1v) is 8.72. The van der Waals surface area contributed by atoms with E-state index in [1.54, 1.807) is 38.1 Å². The number of benzene rings is 1. The fourth-order valence-corrected chi connectivity index (χ4v) is 3.49. The zero-order chi connectivity index (χ0) is 20.0. The minimum atomic E-state index is -1.97. The second-order valence-electron chi connectivity index (χ2n) is 7.19. The first-order chi connectivity index (χ1) is 12.1. The van der Waals surface area contributed by atoms with Crippen LogP contribution in [0.2, 0.25) is 0 Å². The summed E-state index contributed by atoms with van der Waals surface area (Å²) in [5, 5.41) is 9.53. The molecule has 0 radical (unpaired) electrons. The number of carboxylic acid groups (broad SMARTS) is 1. The average Bonchev–Trinajstić information content (AvgIpc) is 2.53. The van der Waals surface area contributed by atoms with Crippen LogP contribution in [0.25, 0.3) is 0 Å². The topological polar surface area (TPSA) is 89.9 Å². The van der Waals surface area contributed by atoms with Crippen molar-refractivity contribution in [2.45, 2.75) is 47.0 Å². The normalized spacial score (nSPS) is 13.0. The molecule has 1 N–H and O–H groups in total. The summed E-state index contributed by atoms with van der Waals surface area (Å²) in [6.07, 6.45) is -0.707. The molecule has 1 aromatic carbocycles. The van der Waals surface area contributed by atoms with Gasteiger partial charge in [0.15, 0.2) is 5.41 Å². The molecule has 0 aliphatic rings. The van der Waals surface area contributed by atoms with E-state index in [-0.39, 0.29) is 13.2 Å². The number of carboxylic acids is 1. The van der Waals surface area contributed by atoms with E-state index in [0.29, 0.717) is 5.56 Å². The number of carbonyl (C=O) groups is 3. The zero-order valence-corrected chi connectivity index (χ0v) is 16.1. The van der Waals surface area contributed by atoms with Crippen LogP contribution in [-0.4, -0.2) is 36.2 Å². The van der Waals surface area contributed by atoms with Crippen LogP contribution in [0.4, 0.5) is 0 Å². The molecule has 6 nitrogen and oxygen atoms in total. The number of hydrogen-bond donors (Lipinski definition) is 1. The molecule has 0 amide bonds. The van der Waals surface area contributed by atoms with Crippen molar-refractivity contribution < 1.29 is 29.0 Å². The zero-order valence-electron chi connectivity index (χ0n) is 16.1. The van der Waals surface area contributed by atoms with Gasteiger partial charge in [-0.05, 0) is 24.8 Å². The maximum atomic E-state index is 13.0. The monoisotopic (exact) mass is 364 g/mol. The maximum absolute atomic E-state index is 13.0. The standard InChI is InChI=1S/C20H28O6/c1-6-25-17(23)20(13-15(21)22,18(24)26-7-2)16(19(3,4)5)14-11-9-8-10-12-14/h8-12,16H,6-7,13H2,1-5H3,(H,21,22). The van der Waals surface area contributed by atoms with Crippen molar-refractivity contribution >= 4 is 17.9 Å². The molecule has 0 aliphatic carbocycles. The van der Waals surface area contributed by atoms with Crippen LogP contribution < -0.4 is 0 Å². The number of ether oxygens (including phenoxy) is 2. The predicted octanol–water partition coefficient (Wildman–Crippen LogP) is 3.40. The highest BCUT2D eigenvalue weighted by Gasteiger charge is 2.60. The molecular formula is C20H28O6. The molecule has 0 bridgehead atoms. The average molecular weight is 364 g/mol. The van der Waals surface area contributed by atoms with E-state index in [4.69, 9.17) is 9.47 Å². The van der Waals surface area contributed by atoms with Crippen molar-refractivity contribution in [2.24, 2.45) is 10.8 Å². The van der Waals surface area contributed by atoms with Crippen LogP contribution in [0.5, 0.6) is 0 Å². The van der Waals surface area contributed by atoms with E-state index in [0.717, 1.165) is 0 Å². The van der Waals surface area contributed by atoms with E-state index >= 15 is 0 Å². The molecule has 26 heavy (non-hydrogen) atoms. The molecule has 0 aromatic heterocycles. The van der Waals surface area contributed by atoms with Crippen LogP contribution in [0.1, 0.15) is 52.5 Å². The smallest absolute Gasteiger partial charge is 0.324 e. The lowest BCUT2D eigenvalue weighted by Gasteiger charge is -2.43. The van der Waals surface area contributed by atoms with Gasteiger partial charge in [-0.15, -0.1) is 0 Å². The van der Waals surface area contributed by atoms with E-state index < -0.39 is 41.1 Å². The van der Waals surface area contributed by atoms with E-state index in [9.17, 15) is 19.5 Å². The quantitative estimate of drug-likeness (QED) is 0.562. The number of carbonyl (C=O) groups excluding carboxylic acids is 2. The summed E-state index contributed by atoms with van der Waals surface area (Å²) in [5.74, 6) is -3.75. The molecule has 1 atom stereocenters.